The van der Waals surface area contributed by atoms with Crippen molar-refractivity contribution in [2.75, 3.05) is 0 Å². The Bertz CT molecular complexity index is 492. The third-order valence-electron chi connectivity index (χ3n) is 2.48. The van der Waals surface area contributed by atoms with Gasteiger partial charge in [0.2, 0.25) is 0 Å². The number of rotatable bonds is 6. The molecule has 0 fully saturated rings. The van der Waals surface area contributed by atoms with Gasteiger partial charge in [-0.05, 0) is 5.56 Å². The maximum absolute atomic E-state index is 11.7. The normalized spacial score (nSPS) is 13.1. The molecule has 1 unspecified atom stereocenters. The third-order valence-corrected chi connectivity index (χ3v) is 2.74. The number of carboxylic acids is 1. The van der Waals surface area contributed by atoms with Gasteiger partial charge < -0.3 is 20.1 Å². The van der Waals surface area contributed by atoms with Crippen LogP contribution < -0.4 is 5.32 Å². The molecule has 0 heterocycles. The summed E-state index contributed by atoms with van der Waals surface area (Å²) in [7, 11) is 1.69. The van der Waals surface area contributed by atoms with Crippen LogP contribution in [0.3, 0.4) is 0 Å². The molecule has 0 aromatic heterocycles. The second kappa shape index (κ2) is 7.57. The van der Waals surface area contributed by atoms with E-state index < -0.39 is 36.4 Å². The van der Waals surface area contributed by atoms with Crippen LogP contribution in [0.15, 0.2) is 30.3 Å². The molecule has 3 atom stereocenters. The van der Waals surface area contributed by atoms with E-state index in [2.05, 4.69) is 9.84 Å². The van der Waals surface area contributed by atoms with Crippen LogP contribution in [-0.2, 0) is 18.9 Å². The minimum atomic E-state index is -1.51. The van der Waals surface area contributed by atoms with Crippen molar-refractivity contribution in [3.05, 3.63) is 35.9 Å². The highest BCUT2D eigenvalue weighted by Gasteiger charge is 2.27. The summed E-state index contributed by atoms with van der Waals surface area (Å²) in [5.74, 6) is -3.11. The molecule has 0 spiro atoms. The van der Waals surface area contributed by atoms with Crippen LogP contribution >= 0.6 is 9.47 Å². The predicted molar refractivity (Wildman–Crippen MR) is 71.4 cm³/mol. The van der Waals surface area contributed by atoms with Crippen LogP contribution in [0.25, 0.3) is 0 Å². The molecular weight excluding hydrogens is 285 g/mol. The van der Waals surface area contributed by atoms with Gasteiger partial charge >= 0.3 is 11.9 Å². The van der Waals surface area contributed by atoms with Crippen LogP contribution in [0.1, 0.15) is 18.1 Å². The Morgan fingerprint density at radius 3 is 2.35 bits per heavy atom. The summed E-state index contributed by atoms with van der Waals surface area (Å²) in [4.78, 5) is 33.7. The standard InChI is InChI=1S/C12H14NO6P/c14-9(19-20)6-8(12(17)18)13-11(16)10(15)7-4-2-1-3-5-7/h1-5,8,10,15H,6,20H2,(H,13,16)(H,17,18)/t8-,10-/m0/s1. The molecule has 1 rings (SSSR count). The summed E-state index contributed by atoms with van der Waals surface area (Å²) in [5.41, 5.74) is 0.322. The first-order chi connectivity index (χ1) is 9.45. The second-order valence-electron chi connectivity index (χ2n) is 3.91. The molecule has 20 heavy (non-hydrogen) atoms. The van der Waals surface area contributed by atoms with Crippen molar-refractivity contribution in [2.45, 2.75) is 18.6 Å². The number of hydrogen-bond acceptors (Lipinski definition) is 5. The number of aliphatic hydroxyl groups excluding tert-OH is 1. The molecule has 1 aromatic rings. The number of amides is 1. The lowest BCUT2D eigenvalue weighted by Gasteiger charge is -2.16. The molecule has 0 aliphatic heterocycles. The maximum Gasteiger partial charge on any atom is 0.326 e. The molecular formula is C12H14NO6P. The van der Waals surface area contributed by atoms with E-state index in [1.807, 2.05) is 0 Å². The summed E-state index contributed by atoms with van der Waals surface area (Å²) in [5, 5.41) is 20.8. The lowest BCUT2D eigenvalue weighted by atomic mass is 10.1. The number of carbonyl (C=O) groups is 3. The Morgan fingerprint density at radius 1 is 1.25 bits per heavy atom. The van der Waals surface area contributed by atoms with Gasteiger partial charge in [0.1, 0.15) is 6.04 Å². The Labute approximate surface area is 117 Å². The number of carbonyl (C=O) groups excluding carboxylic acids is 2. The summed E-state index contributed by atoms with van der Waals surface area (Å²) >= 11 is 0. The number of hydrogen-bond donors (Lipinski definition) is 3. The van der Waals surface area contributed by atoms with Gasteiger partial charge in [0, 0.05) is 0 Å². The Morgan fingerprint density at radius 2 is 1.85 bits per heavy atom. The van der Waals surface area contributed by atoms with Crippen LogP contribution in [0.5, 0.6) is 0 Å². The summed E-state index contributed by atoms with van der Waals surface area (Å²) in [6.07, 6.45) is -2.04. The van der Waals surface area contributed by atoms with Gasteiger partial charge in [0.05, 0.1) is 15.9 Å². The van der Waals surface area contributed by atoms with Gasteiger partial charge in [-0.25, -0.2) is 4.79 Å². The van der Waals surface area contributed by atoms with E-state index in [1.165, 1.54) is 12.1 Å². The van der Waals surface area contributed by atoms with Crippen LogP contribution in [0, 0.1) is 0 Å². The number of nitrogens with one attached hydrogen (secondary N) is 1. The Kier molecular flexibility index (Phi) is 6.09. The van der Waals surface area contributed by atoms with Crippen molar-refractivity contribution in [3.63, 3.8) is 0 Å². The van der Waals surface area contributed by atoms with Crippen molar-refractivity contribution >= 4 is 27.3 Å². The van der Waals surface area contributed by atoms with Gasteiger partial charge in [-0.1, -0.05) is 30.3 Å². The lowest BCUT2D eigenvalue weighted by Crippen LogP contribution is -2.44. The summed E-state index contributed by atoms with van der Waals surface area (Å²) in [6, 6.07) is 6.56. The third kappa shape index (κ3) is 4.60. The quantitative estimate of drug-likeness (QED) is 0.638. The zero-order valence-corrected chi connectivity index (χ0v) is 11.5. The fourth-order valence-electron chi connectivity index (χ4n) is 1.45. The van der Waals surface area contributed by atoms with Crippen molar-refractivity contribution in [2.24, 2.45) is 0 Å². The van der Waals surface area contributed by atoms with Gasteiger partial charge in [0.15, 0.2) is 6.10 Å². The maximum atomic E-state index is 11.7. The second-order valence-corrected chi connectivity index (χ2v) is 4.14. The molecule has 0 bridgehead atoms. The van der Waals surface area contributed by atoms with Crippen molar-refractivity contribution in [1.82, 2.24) is 5.32 Å². The van der Waals surface area contributed by atoms with E-state index in [0.717, 1.165) is 0 Å². The molecule has 1 amide bonds. The van der Waals surface area contributed by atoms with Crippen molar-refractivity contribution in [3.8, 4) is 0 Å². The zero-order chi connectivity index (χ0) is 15.1. The fraction of sp³-hybridized carbons (Fsp3) is 0.250. The minimum absolute atomic E-state index is 0.322. The molecule has 108 valence electrons. The monoisotopic (exact) mass is 299 g/mol. The van der Waals surface area contributed by atoms with Crippen molar-refractivity contribution < 1.29 is 29.1 Å². The molecule has 0 radical (unpaired) electrons. The molecule has 0 saturated carbocycles. The predicted octanol–water partition coefficient (Wildman–Crippen LogP) is 0.0128. The number of carboxylic acid groups (broad SMARTS) is 1. The van der Waals surface area contributed by atoms with E-state index in [4.69, 9.17) is 5.11 Å². The van der Waals surface area contributed by atoms with Gasteiger partial charge in [-0.3, -0.25) is 9.59 Å². The Hall–Kier alpha value is -1.98. The molecule has 3 N–H and O–H groups in total. The number of aliphatic carboxylic acids is 1. The summed E-state index contributed by atoms with van der Waals surface area (Å²) in [6.45, 7) is 0. The smallest absolute Gasteiger partial charge is 0.326 e. The average Bonchev–Trinajstić information content (AvgIpc) is 2.46. The topological polar surface area (TPSA) is 113 Å². The molecule has 8 heteroatoms. The Balaban J connectivity index is 2.71. The highest BCUT2D eigenvalue weighted by Crippen LogP contribution is 2.12. The first kappa shape index (κ1) is 16.1. The van der Waals surface area contributed by atoms with E-state index in [9.17, 15) is 19.5 Å². The largest absolute Gasteiger partial charge is 0.480 e. The highest BCUT2D eigenvalue weighted by molar-refractivity contribution is 7.10. The SMILES string of the molecule is O=C(C[C@H](NC(=O)[C@@H](O)c1ccccc1)C(=O)O)OP. The van der Waals surface area contributed by atoms with Crippen LogP contribution in [0.2, 0.25) is 0 Å². The average molecular weight is 299 g/mol. The first-order valence-corrected chi connectivity index (χ1v) is 6.08. The molecule has 0 aliphatic carbocycles. The highest BCUT2D eigenvalue weighted by atomic mass is 31.0. The van der Waals surface area contributed by atoms with E-state index in [0.29, 0.717) is 5.56 Å². The van der Waals surface area contributed by atoms with Crippen molar-refractivity contribution in [1.29, 1.82) is 0 Å². The summed E-state index contributed by atoms with van der Waals surface area (Å²) < 4.78 is 4.26. The lowest BCUT2D eigenvalue weighted by molar-refractivity contribution is -0.147. The number of benzene rings is 1. The molecule has 0 saturated heterocycles. The van der Waals surface area contributed by atoms with Gasteiger partial charge in [-0.15, -0.1) is 0 Å². The van der Waals surface area contributed by atoms with Gasteiger partial charge in [-0.2, -0.15) is 0 Å². The minimum Gasteiger partial charge on any atom is -0.480 e. The fourth-order valence-corrected chi connectivity index (χ4v) is 1.55. The van der Waals surface area contributed by atoms with Crippen LogP contribution in [-0.4, -0.2) is 34.1 Å². The van der Waals surface area contributed by atoms with E-state index in [1.54, 1.807) is 27.7 Å². The molecule has 7 nitrogen and oxygen atoms in total. The zero-order valence-electron chi connectivity index (χ0n) is 10.4. The van der Waals surface area contributed by atoms with E-state index in [-0.39, 0.29) is 0 Å². The van der Waals surface area contributed by atoms with E-state index >= 15 is 0 Å². The van der Waals surface area contributed by atoms with Crippen LogP contribution in [0.4, 0.5) is 0 Å². The first-order valence-electron chi connectivity index (χ1n) is 5.61. The van der Waals surface area contributed by atoms with Gasteiger partial charge in [0.25, 0.3) is 5.91 Å². The molecule has 0 aliphatic rings. The molecule has 1 aromatic carbocycles. The number of aliphatic hydroxyl groups is 1.